The van der Waals surface area contributed by atoms with Crippen molar-refractivity contribution in [2.45, 2.75) is 26.2 Å². The largest absolute Gasteiger partial charge is 0.443 e. The molecule has 0 atom stereocenters. The van der Waals surface area contributed by atoms with E-state index >= 15 is 0 Å². The monoisotopic (exact) mass is 259 g/mol. The highest BCUT2D eigenvalue weighted by atomic mass is 16.3. The molecular formula is C15H21N3O. The van der Waals surface area contributed by atoms with Crippen LogP contribution in [0.15, 0.2) is 22.9 Å². The lowest BCUT2D eigenvalue weighted by Crippen LogP contribution is -2.43. The number of benzene rings is 1. The van der Waals surface area contributed by atoms with Gasteiger partial charge in [0.2, 0.25) is 0 Å². The van der Waals surface area contributed by atoms with Crippen LogP contribution in [-0.4, -0.2) is 31.2 Å². The van der Waals surface area contributed by atoms with Crippen molar-refractivity contribution >= 4 is 16.8 Å². The fourth-order valence-corrected chi connectivity index (χ4v) is 2.62. The number of anilines is 1. The fourth-order valence-electron chi connectivity index (χ4n) is 2.62. The SMILES string of the molecule is CC(C)(C)c1cc(N2CCNCC2)cc2ncoc12. The Balaban J connectivity index is 2.10. The van der Waals surface area contributed by atoms with Crippen LogP contribution in [0.2, 0.25) is 0 Å². The average Bonchev–Trinajstić information content (AvgIpc) is 2.85. The first-order valence-electron chi connectivity index (χ1n) is 6.89. The third kappa shape index (κ3) is 2.32. The van der Waals surface area contributed by atoms with E-state index in [0.717, 1.165) is 37.3 Å². The van der Waals surface area contributed by atoms with Crippen LogP contribution in [0, 0.1) is 0 Å². The van der Waals surface area contributed by atoms with Crippen LogP contribution in [0.4, 0.5) is 5.69 Å². The Labute approximate surface area is 113 Å². The zero-order chi connectivity index (χ0) is 13.5. The van der Waals surface area contributed by atoms with Gasteiger partial charge in [0.15, 0.2) is 12.0 Å². The molecule has 102 valence electrons. The van der Waals surface area contributed by atoms with Crippen molar-refractivity contribution in [3.05, 3.63) is 24.1 Å². The van der Waals surface area contributed by atoms with E-state index in [9.17, 15) is 0 Å². The lowest BCUT2D eigenvalue weighted by molar-refractivity contribution is 0.553. The second-order valence-electron chi connectivity index (χ2n) is 6.18. The van der Waals surface area contributed by atoms with Gasteiger partial charge < -0.3 is 14.6 Å². The van der Waals surface area contributed by atoms with Crippen molar-refractivity contribution in [3.63, 3.8) is 0 Å². The Morgan fingerprint density at radius 3 is 2.63 bits per heavy atom. The zero-order valence-corrected chi connectivity index (χ0v) is 11.9. The van der Waals surface area contributed by atoms with Gasteiger partial charge >= 0.3 is 0 Å². The van der Waals surface area contributed by atoms with Crippen LogP contribution in [0.3, 0.4) is 0 Å². The first-order valence-corrected chi connectivity index (χ1v) is 6.89. The molecule has 0 aliphatic carbocycles. The lowest BCUT2D eigenvalue weighted by atomic mass is 9.86. The summed E-state index contributed by atoms with van der Waals surface area (Å²) in [5, 5.41) is 3.39. The number of oxazole rings is 1. The lowest BCUT2D eigenvalue weighted by Gasteiger charge is -2.31. The predicted molar refractivity (Wildman–Crippen MR) is 77.8 cm³/mol. The summed E-state index contributed by atoms with van der Waals surface area (Å²) in [6.45, 7) is 10.8. The second-order valence-corrected chi connectivity index (χ2v) is 6.18. The molecule has 0 unspecified atom stereocenters. The molecule has 0 amide bonds. The Bertz CT molecular complexity index is 577. The minimum absolute atomic E-state index is 0.0574. The number of hydrogen-bond acceptors (Lipinski definition) is 4. The van der Waals surface area contributed by atoms with Gasteiger partial charge in [-0.25, -0.2) is 4.98 Å². The molecule has 1 aromatic carbocycles. The third-order valence-electron chi connectivity index (χ3n) is 3.71. The summed E-state index contributed by atoms with van der Waals surface area (Å²) in [5.41, 5.74) is 4.43. The number of piperazine rings is 1. The van der Waals surface area contributed by atoms with E-state index in [1.165, 1.54) is 11.3 Å². The number of rotatable bonds is 1. The summed E-state index contributed by atoms with van der Waals surface area (Å²) in [5.74, 6) is 0. The second kappa shape index (κ2) is 4.53. The van der Waals surface area contributed by atoms with Crippen LogP contribution in [0.5, 0.6) is 0 Å². The van der Waals surface area contributed by atoms with Gasteiger partial charge in [0.1, 0.15) is 5.52 Å². The summed E-state index contributed by atoms with van der Waals surface area (Å²) < 4.78 is 5.58. The molecule has 4 heteroatoms. The minimum Gasteiger partial charge on any atom is -0.443 e. The molecule has 1 saturated heterocycles. The highest BCUT2D eigenvalue weighted by molar-refractivity contribution is 5.82. The molecule has 3 rings (SSSR count). The number of nitrogens with zero attached hydrogens (tertiary/aromatic N) is 2. The van der Waals surface area contributed by atoms with Gasteiger partial charge in [-0.3, -0.25) is 0 Å². The zero-order valence-electron chi connectivity index (χ0n) is 11.9. The third-order valence-corrected chi connectivity index (χ3v) is 3.71. The van der Waals surface area contributed by atoms with E-state index in [2.05, 4.69) is 48.1 Å². The molecule has 1 aliphatic heterocycles. The van der Waals surface area contributed by atoms with Crippen molar-refractivity contribution in [2.75, 3.05) is 31.1 Å². The maximum absolute atomic E-state index is 5.58. The van der Waals surface area contributed by atoms with Crippen LogP contribution in [0.1, 0.15) is 26.3 Å². The Morgan fingerprint density at radius 1 is 1.21 bits per heavy atom. The summed E-state index contributed by atoms with van der Waals surface area (Å²) in [4.78, 5) is 6.76. The predicted octanol–water partition coefficient (Wildman–Crippen LogP) is 2.53. The molecule has 19 heavy (non-hydrogen) atoms. The number of nitrogens with one attached hydrogen (secondary N) is 1. The summed E-state index contributed by atoms with van der Waals surface area (Å²) >= 11 is 0. The molecule has 0 bridgehead atoms. The Kier molecular flexibility index (Phi) is 2.97. The van der Waals surface area contributed by atoms with Crippen LogP contribution >= 0.6 is 0 Å². The van der Waals surface area contributed by atoms with Gasteiger partial charge in [-0.15, -0.1) is 0 Å². The molecule has 4 nitrogen and oxygen atoms in total. The van der Waals surface area contributed by atoms with Crippen LogP contribution in [0.25, 0.3) is 11.1 Å². The topological polar surface area (TPSA) is 41.3 Å². The van der Waals surface area contributed by atoms with Gasteiger partial charge in [0.25, 0.3) is 0 Å². The molecule has 0 radical (unpaired) electrons. The normalized spacial score (nSPS) is 17.1. The fraction of sp³-hybridized carbons (Fsp3) is 0.533. The molecule has 1 fully saturated rings. The van der Waals surface area contributed by atoms with Gasteiger partial charge in [-0.05, 0) is 17.5 Å². The van der Waals surface area contributed by atoms with E-state index < -0.39 is 0 Å². The summed E-state index contributed by atoms with van der Waals surface area (Å²) in [6, 6.07) is 4.40. The highest BCUT2D eigenvalue weighted by Gasteiger charge is 2.22. The van der Waals surface area contributed by atoms with Crippen molar-refractivity contribution in [1.29, 1.82) is 0 Å². The minimum atomic E-state index is 0.0574. The van der Waals surface area contributed by atoms with E-state index in [1.807, 2.05) is 0 Å². The van der Waals surface area contributed by atoms with Gasteiger partial charge in [-0.2, -0.15) is 0 Å². The maximum atomic E-state index is 5.58. The van der Waals surface area contributed by atoms with Crippen LogP contribution in [-0.2, 0) is 5.41 Å². The number of fused-ring (bicyclic) bond motifs is 1. The standard InChI is InChI=1S/C15H21N3O/c1-15(2,3)12-8-11(18-6-4-16-5-7-18)9-13-14(12)19-10-17-13/h8-10,16H,4-7H2,1-3H3. The molecule has 2 aromatic rings. The number of aromatic nitrogens is 1. The molecular weight excluding hydrogens is 238 g/mol. The van der Waals surface area contributed by atoms with Crippen molar-refractivity contribution in [2.24, 2.45) is 0 Å². The highest BCUT2D eigenvalue weighted by Crippen LogP contribution is 2.33. The summed E-state index contributed by atoms with van der Waals surface area (Å²) in [7, 11) is 0. The van der Waals surface area contributed by atoms with Crippen molar-refractivity contribution in [1.82, 2.24) is 10.3 Å². The van der Waals surface area contributed by atoms with Gasteiger partial charge in [-0.1, -0.05) is 20.8 Å². The van der Waals surface area contributed by atoms with Gasteiger partial charge in [0.05, 0.1) is 0 Å². The smallest absolute Gasteiger partial charge is 0.181 e. The average molecular weight is 259 g/mol. The molecule has 1 aromatic heterocycles. The van der Waals surface area contributed by atoms with Crippen LogP contribution < -0.4 is 10.2 Å². The van der Waals surface area contributed by atoms with E-state index in [4.69, 9.17) is 4.42 Å². The van der Waals surface area contributed by atoms with E-state index in [0.29, 0.717) is 0 Å². The molecule has 0 spiro atoms. The molecule has 0 saturated carbocycles. The van der Waals surface area contributed by atoms with Crippen molar-refractivity contribution < 1.29 is 4.42 Å². The molecule has 1 aliphatic rings. The molecule has 2 heterocycles. The van der Waals surface area contributed by atoms with E-state index in [-0.39, 0.29) is 5.41 Å². The van der Waals surface area contributed by atoms with Crippen molar-refractivity contribution in [3.8, 4) is 0 Å². The number of hydrogen-bond donors (Lipinski definition) is 1. The first kappa shape index (κ1) is 12.5. The first-order chi connectivity index (χ1) is 9.05. The summed E-state index contributed by atoms with van der Waals surface area (Å²) in [6.07, 6.45) is 1.54. The maximum Gasteiger partial charge on any atom is 0.181 e. The molecule has 1 N–H and O–H groups in total. The Hall–Kier alpha value is -1.55. The van der Waals surface area contributed by atoms with E-state index in [1.54, 1.807) is 6.39 Å². The quantitative estimate of drug-likeness (QED) is 0.854. The Morgan fingerprint density at radius 2 is 1.95 bits per heavy atom. The van der Waals surface area contributed by atoms with Gasteiger partial charge in [0, 0.05) is 37.4 Å².